The molecule has 0 saturated heterocycles. The number of aryl methyl sites for hydroxylation is 1. The number of hydrogen-bond acceptors (Lipinski definition) is 4. The van der Waals surface area contributed by atoms with Gasteiger partial charge in [0.1, 0.15) is 0 Å². The number of benzene rings is 2. The topological polar surface area (TPSA) is 89.5 Å². The Bertz CT molecular complexity index is 1070. The predicted octanol–water partition coefficient (Wildman–Crippen LogP) is 4.35. The second-order valence-corrected chi connectivity index (χ2v) is 6.97. The molecule has 0 saturated carbocycles. The Labute approximate surface area is 172 Å². The molecular weight excluding hydrogens is 392 g/mol. The van der Waals surface area contributed by atoms with Crippen LogP contribution >= 0.6 is 11.6 Å². The molecule has 0 aliphatic heterocycles. The van der Waals surface area contributed by atoms with E-state index in [0.717, 1.165) is 22.6 Å². The van der Waals surface area contributed by atoms with Crippen LogP contribution < -0.4 is 5.43 Å². The molecule has 7 nitrogen and oxygen atoms in total. The number of nitrogens with zero attached hydrogens (tertiary/aromatic N) is 3. The van der Waals surface area contributed by atoms with Crippen LogP contribution in [-0.4, -0.2) is 21.6 Å². The van der Waals surface area contributed by atoms with E-state index in [1.54, 1.807) is 18.3 Å². The summed E-state index contributed by atoms with van der Waals surface area (Å²) in [7, 11) is 0. The lowest BCUT2D eigenvalue weighted by Gasteiger charge is -2.09. The minimum absolute atomic E-state index is 0.0109. The molecule has 0 fully saturated rings. The number of hydrazone groups is 1. The molecule has 148 valence electrons. The second-order valence-electron chi connectivity index (χ2n) is 6.53. The Morgan fingerprint density at radius 3 is 2.45 bits per heavy atom. The van der Waals surface area contributed by atoms with Gasteiger partial charge in [-0.05, 0) is 49.7 Å². The maximum atomic E-state index is 12.1. The van der Waals surface area contributed by atoms with Crippen molar-refractivity contribution in [1.82, 2.24) is 9.99 Å². The molecule has 0 spiro atoms. The van der Waals surface area contributed by atoms with Crippen molar-refractivity contribution in [2.75, 3.05) is 0 Å². The number of carbonyl (C=O) groups is 1. The van der Waals surface area contributed by atoms with E-state index in [4.69, 9.17) is 11.6 Å². The molecule has 2 aromatic carbocycles. The van der Waals surface area contributed by atoms with Crippen LogP contribution in [0, 0.1) is 24.0 Å². The fraction of sp³-hybridized carbons (Fsp3) is 0.143. The molecule has 1 heterocycles. The average Bonchev–Trinajstić information content (AvgIpc) is 2.96. The number of nitro benzene ring substituents is 1. The standard InChI is InChI=1S/C21H19ClN4O3/c1-14-11-17(15(2)25(14)19-9-5-18(22)6-10-19)13-23-24-21(27)12-16-3-7-20(8-4-16)26(28)29/h3-11,13H,12H2,1-2H3,(H,24,27)/b23-13-. The van der Waals surface area contributed by atoms with Crippen molar-refractivity contribution in [1.29, 1.82) is 0 Å². The summed E-state index contributed by atoms with van der Waals surface area (Å²) in [5.41, 5.74) is 7.04. The number of rotatable bonds is 6. The molecule has 1 amide bonds. The van der Waals surface area contributed by atoms with Gasteiger partial charge in [-0.25, -0.2) is 5.43 Å². The van der Waals surface area contributed by atoms with E-state index in [2.05, 4.69) is 15.1 Å². The van der Waals surface area contributed by atoms with Gasteiger partial charge in [0.2, 0.25) is 5.91 Å². The highest BCUT2D eigenvalue weighted by Gasteiger charge is 2.10. The number of nitrogens with one attached hydrogen (secondary N) is 1. The first kappa shape index (κ1) is 20.3. The van der Waals surface area contributed by atoms with E-state index in [9.17, 15) is 14.9 Å². The summed E-state index contributed by atoms with van der Waals surface area (Å²) < 4.78 is 2.08. The predicted molar refractivity (Wildman–Crippen MR) is 113 cm³/mol. The van der Waals surface area contributed by atoms with Crippen LogP contribution in [0.3, 0.4) is 0 Å². The Hall–Kier alpha value is -3.45. The molecule has 8 heteroatoms. The first-order valence-corrected chi connectivity index (χ1v) is 9.23. The lowest BCUT2D eigenvalue weighted by atomic mass is 10.1. The summed E-state index contributed by atoms with van der Waals surface area (Å²) in [6.07, 6.45) is 1.68. The summed E-state index contributed by atoms with van der Waals surface area (Å²) in [6, 6.07) is 15.4. The zero-order chi connectivity index (χ0) is 21.0. The molecule has 1 N–H and O–H groups in total. The molecule has 0 aliphatic carbocycles. The average molecular weight is 411 g/mol. The summed E-state index contributed by atoms with van der Waals surface area (Å²) in [4.78, 5) is 22.2. The number of hydrogen-bond donors (Lipinski definition) is 1. The van der Waals surface area contributed by atoms with Crippen molar-refractivity contribution in [3.63, 3.8) is 0 Å². The molecule has 0 bridgehead atoms. The van der Waals surface area contributed by atoms with Gasteiger partial charge in [-0.2, -0.15) is 5.10 Å². The molecule has 0 unspecified atom stereocenters. The van der Waals surface area contributed by atoms with Crippen molar-refractivity contribution in [2.24, 2.45) is 5.10 Å². The van der Waals surface area contributed by atoms with Crippen LogP contribution in [0.4, 0.5) is 5.69 Å². The van der Waals surface area contributed by atoms with Gasteiger partial charge in [0.05, 0.1) is 17.6 Å². The largest absolute Gasteiger partial charge is 0.318 e. The van der Waals surface area contributed by atoms with Gasteiger partial charge in [-0.1, -0.05) is 23.7 Å². The number of non-ortho nitro benzene ring substituents is 1. The van der Waals surface area contributed by atoms with E-state index in [-0.39, 0.29) is 18.0 Å². The minimum Gasteiger partial charge on any atom is -0.318 e. The van der Waals surface area contributed by atoms with Crippen molar-refractivity contribution in [3.05, 3.63) is 92.2 Å². The molecule has 3 aromatic rings. The molecule has 29 heavy (non-hydrogen) atoms. The van der Waals surface area contributed by atoms with Crippen molar-refractivity contribution < 1.29 is 9.72 Å². The highest BCUT2D eigenvalue weighted by atomic mass is 35.5. The highest BCUT2D eigenvalue weighted by Crippen LogP contribution is 2.21. The number of amides is 1. The van der Waals surface area contributed by atoms with Crippen LogP contribution in [-0.2, 0) is 11.2 Å². The van der Waals surface area contributed by atoms with Crippen molar-refractivity contribution >= 4 is 29.4 Å². The lowest BCUT2D eigenvalue weighted by Crippen LogP contribution is -2.19. The Kier molecular flexibility index (Phi) is 6.09. The number of carbonyl (C=O) groups excluding carboxylic acids is 1. The van der Waals surface area contributed by atoms with Gasteiger partial charge in [-0.15, -0.1) is 0 Å². The molecule has 1 aromatic heterocycles. The molecule has 3 rings (SSSR count). The second kappa shape index (κ2) is 8.70. The van der Waals surface area contributed by atoms with Gasteiger partial charge in [-0.3, -0.25) is 14.9 Å². The van der Waals surface area contributed by atoms with Gasteiger partial charge in [0.25, 0.3) is 5.69 Å². The Balaban J connectivity index is 1.65. The summed E-state index contributed by atoms with van der Waals surface area (Å²) in [5.74, 6) is -0.304. The molecule has 0 radical (unpaired) electrons. The van der Waals surface area contributed by atoms with Crippen molar-refractivity contribution in [3.8, 4) is 5.69 Å². The first-order chi connectivity index (χ1) is 13.8. The number of aromatic nitrogens is 1. The quantitative estimate of drug-likeness (QED) is 0.372. The van der Waals surface area contributed by atoms with Crippen LogP contribution in [0.25, 0.3) is 5.69 Å². The van der Waals surface area contributed by atoms with Crippen LogP contribution in [0.1, 0.15) is 22.5 Å². The SMILES string of the molecule is Cc1cc(/C=N\NC(=O)Cc2ccc([N+](=O)[O-])cc2)c(C)n1-c1ccc(Cl)cc1. The summed E-state index contributed by atoms with van der Waals surface area (Å²) in [6.45, 7) is 3.97. The molecular formula is C21H19ClN4O3. The molecule has 0 aliphatic rings. The minimum atomic E-state index is -0.478. The maximum Gasteiger partial charge on any atom is 0.269 e. The molecule has 0 atom stereocenters. The summed E-state index contributed by atoms with van der Waals surface area (Å²) in [5, 5.41) is 15.4. The number of halogens is 1. The zero-order valence-electron chi connectivity index (χ0n) is 15.9. The smallest absolute Gasteiger partial charge is 0.269 e. The third-order valence-electron chi connectivity index (χ3n) is 4.46. The Morgan fingerprint density at radius 1 is 1.17 bits per heavy atom. The first-order valence-electron chi connectivity index (χ1n) is 8.85. The van der Waals surface area contributed by atoms with Crippen LogP contribution in [0.15, 0.2) is 59.7 Å². The van der Waals surface area contributed by atoms with E-state index < -0.39 is 4.92 Å². The fourth-order valence-electron chi connectivity index (χ4n) is 3.04. The van der Waals surface area contributed by atoms with Crippen molar-refractivity contribution in [2.45, 2.75) is 20.3 Å². The van der Waals surface area contributed by atoms with Crippen LogP contribution in [0.5, 0.6) is 0 Å². The third kappa shape index (κ3) is 4.89. The van der Waals surface area contributed by atoms with E-state index >= 15 is 0 Å². The third-order valence-corrected chi connectivity index (χ3v) is 4.71. The lowest BCUT2D eigenvalue weighted by molar-refractivity contribution is -0.384. The summed E-state index contributed by atoms with van der Waals surface area (Å²) >= 11 is 5.96. The van der Waals surface area contributed by atoms with Gasteiger partial charge < -0.3 is 4.57 Å². The van der Waals surface area contributed by atoms with E-state index in [0.29, 0.717) is 10.6 Å². The maximum absolute atomic E-state index is 12.1. The Morgan fingerprint density at radius 2 is 1.83 bits per heavy atom. The van der Waals surface area contributed by atoms with E-state index in [1.165, 1.54) is 12.1 Å². The van der Waals surface area contributed by atoms with Gasteiger partial charge in [0.15, 0.2) is 0 Å². The normalized spacial score (nSPS) is 11.0. The van der Waals surface area contributed by atoms with Gasteiger partial charge in [0, 0.05) is 39.8 Å². The van der Waals surface area contributed by atoms with Crippen LogP contribution in [0.2, 0.25) is 5.02 Å². The number of nitro groups is 1. The fourth-order valence-corrected chi connectivity index (χ4v) is 3.17. The zero-order valence-corrected chi connectivity index (χ0v) is 16.7. The van der Waals surface area contributed by atoms with E-state index in [1.807, 2.05) is 44.2 Å². The monoisotopic (exact) mass is 410 g/mol. The highest BCUT2D eigenvalue weighted by molar-refractivity contribution is 6.30. The van der Waals surface area contributed by atoms with Gasteiger partial charge >= 0.3 is 0 Å².